The first-order valence-corrected chi connectivity index (χ1v) is 6.46. The van der Waals surface area contributed by atoms with E-state index in [-0.39, 0.29) is 0 Å². The summed E-state index contributed by atoms with van der Waals surface area (Å²) in [5.74, 6) is 2.20. The molecule has 0 aliphatic carbocycles. The van der Waals surface area contributed by atoms with Crippen LogP contribution in [0.4, 0.5) is 11.5 Å². The zero-order valence-corrected chi connectivity index (χ0v) is 12.5. The summed E-state index contributed by atoms with van der Waals surface area (Å²) in [4.78, 5) is 23.9. The van der Waals surface area contributed by atoms with Crippen molar-refractivity contribution >= 4 is 17.6 Å². The Balaban J connectivity index is 2.24. The van der Waals surface area contributed by atoms with E-state index in [1.807, 2.05) is 37.9 Å². The molecule has 2 aromatic heterocycles. The molecule has 0 saturated carbocycles. The molecule has 0 aliphatic rings. The third-order valence-corrected chi connectivity index (χ3v) is 2.79. The molecule has 0 saturated heterocycles. The van der Waals surface area contributed by atoms with Crippen LogP contribution in [0.2, 0.25) is 0 Å². The van der Waals surface area contributed by atoms with E-state index < -0.39 is 0 Å². The van der Waals surface area contributed by atoms with Gasteiger partial charge in [-0.3, -0.25) is 0 Å². The van der Waals surface area contributed by atoms with Gasteiger partial charge < -0.3 is 9.74 Å². The Kier molecular flexibility index (Phi) is 4.78. The van der Waals surface area contributed by atoms with Gasteiger partial charge in [-0.1, -0.05) is 0 Å². The summed E-state index contributed by atoms with van der Waals surface area (Å²) >= 11 is 0. The lowest BCUT2D eigenvalue weighted by Gasteiger charge is -2.17. The molecule has 0 fully saturated rings. The average molecular weight is 286 g/mol. The molecule has 0 bridgehead atoms. The highest BCUT2D eigenvalue weighted by molar-refractivity contribution is 5.60. The largest absolute Gasteiger partial charge is 0.414 e. The lowest BCUT2D eigenvalue weighted by Crippen LogP contribution is -2.12. The number of hydrogen-bond acceptors (Lipinski definition) is 7. The lowest BCUT2D eigenvalue weighted by molar-refractivity contribution is 0.131. The molecule has 2 heterocycles. The molecule has 110 valence electrons. The molecule has 0 amide bonds. The molecule has 21 heavy (non-hydrogen) atoms. The van der Waals surface area contributed by atoms with E-state index >= 15 is 0 Å². The maximum absolute atomic E-state index is 5.16. The fourth-order valence-corrected chi connectivity index (χ4v) is 1.71. The topological polar surface area (TPSA) is 76.1 Å². The van der Waals surface area contributed by atoms with Gasteiger partial charge in [0.1, 0.15) is 23.7 Å². The van der Waals surface area contributed by atoms with Gasteiger partial charge in [-0.15, -0.1) is 0 Å². The number of nitrogens with one attached hydrogen (secondary N) is 1. The van der Waals surface area contributed by atoms with Crippen molar-refractivity contribution in [2.75, 3.05) is 19.0 Å². The average Bonchev–Trinajstić information content (AvgIpc) is 2.48. The van der Waals surface area contributed by atoms with Gasteiger partial charge in [-0.05, 0) is 13.8 Å². The Bertz CT molecular complexity index is 626. The van der Waals surface area contributed by atoms with Gasteiger partial charge in [-0.2, -0.15) is 5.48 Å². The molecule has 7 nitrogen and oxygen atoms in total. The first-order valence-electron chi connectivity index (χ1n) is 6.46. The number of allylic oxidation sites excluding steroid dienone is 1. The van der Waals surface area contributed by atoms with Crippen molar-refractivity contribution in [2.45, 2.75) is 13.8 Å². The number of anilines is 2. The molecule has 7 heteroatoms. The minimum absolute atomic E-state index is 0.712. The highest BCUT2D eigenvalue weighted by Crippen LogP contribution is 2.20. The molecule has 0 spiro atoms. The standard InChI is InChI=1S/C14H18N6O/c1-10(21-15-3)5-12-6-14(19-9-18-12)20(4)13-7-16-11(2)17-8-13/h5-9,15H,1-4H3/b10-5+. The maximum Gasteiger partial charge on any atom is 0.136 e. The van der Waals surface area contributed by atoms with Crippen LogP contribution in [0.25, 0.3) is 6.08 Å². The van der Waals surface area contributed by atoms with E-state index in [4.69, 9.17) is 4.84 Å². The second kappa shape index (κ2) is 6.76. The minimum Gasteiger partial charge on any atom is -0.414 e. The predicted octanol–water partition coefficient (Wildman–Crippen LogP) is 1.85. The number of aryl methyl sites for hydroxylation is 1. The van der Waals surface area contributed by atoms with E-state index in [0.29, 0.717) is 5.76 Å². The molecule has 0 atom stereocenters. The Morgan fingerprint density at radius 3 is 2.62 bits per heavy atom. The van der Waals surface area contributed by atoms with Crippen LogP contribution in [0.1, 0.15) is 18.4 Å². The van der Waals surface area contributed by atoms with Crippen LogP contribution < -0.4 is 10.4 Å². The summed E-state index contributed by atoms with van der Waals surface area (Å²) < 4.78 is 0. The van der Waals surface area contributed by atoms with Gasteiger partial charge in [0.15, 0.2) is 0 Å². The third kappa shape index (κ3) is 3.96. The highest BCUT2D eigenvalue weighted by Gasteiger charge is 2.07. The van der Waals surface area contributed by atoms with E-state index in [9.17, 15) is 0 Å². The second-order valence-electron chi connectivity index (χ2n) is 4.41. The summed E-state index contributed by atoms with van der Waals surface area (Å²) in [6, 6.07) is 1.86. The summed E-state index contributed by atoms with van der Waals surface area (Å²) in [7, 11) is 3.61. The molecule has 1 N–H and O–H groups in total. The Labute approximate surface area is 123 Å². The van der Waals surface area contributed by atoms with E-state index in [0.717, 1.165) is 23.0 Å². The molecule has 0 unspecified atom stereocenters. The van der Waals surface area contributed by atoms with Crippen molar-refractivity contribution in [3.8, 4) is 0 Å². The van der Waals surface area contributed by atoms with Gasteiger partial charge >= 0.3 is 0 Å². The van der Waals surface area contributed by atoms with Crippen LogP contribution in [-0.2, 0) is 4.84 Å². The number of nitrogens with zero attached hydrogens (tertiary/aromatic N) is 5. The third-order valence-electron chi connectivity index (χ3n) is 2.79. The second-order valence-corrected chi connectivity index (χ2v) is 4.41. The Hall–Kier alpha value is -2.54. The Morgan fingerprint density at radius 1 is 1.24 bits per heavy atom. The van der Waals surface area contributed by atoms with E-state index in [1.54, 1.807) is 19.4 Å². The zero-order chi connectivity index (χ0) is 15.2. The van der Waals surface area contributed by atoms with Crippen molar-refractivity contribution in [1.82, 2.24) is 25.4 Å². The van der Waals surface area contributed by atoms with Crippen molar-refractivity contribution in [2.24, 2.45) is 0 Å². The smallest absolute Gasteiger partial charge is 0.136 e. The predicted molar refractivity (Wildman–Crippen MR) is 80.7 cm³/mol. The van der Waals surface area contributed by atoms with Crippen LogP contribution in [0.15, 0.2) is 30.5 Å². The van der Waals surface area contributed by atoms with Crippen LogP contribution in [0, 0.1) is 6.92 Å². The van der Waals surface area contributed by atoms with Crippen molar-refractivity contribution in [3.63, 3.8) is 0 Å². The minimum atomic E-state index is 0.712. The van der Waals surface area contributed by atoms with Gasteiger partial charge in [0.05, 0.1) is 23.8 Å². The van der Waals surface area contributed by atoms with Crippen LogP contribution >= 0.6 is 0 Å². The molecule has 0 radical (unpaired) electrons. The number of hydrogen-bond donors (Lipinski definition) is 1. The van der Waals surface area contributed by atoms with Crippen molar-refractivity contribution in [3.05, 3.63) is 42.1 Å². The molecule has 2 aromatic rings. The summed E-state index contributed by atoms with van der Waals surface area (Å²) in [6.45, 7) is 3.69. The van der Waals surface area contributed by atoms with Gasteiger partial charge in [-0.25, -0.2) is 19.9 Å². The monoisotopic (exact) mass is 286 g/mol. The normalized spacial score (nSPS) is 11.3. The van der Waals surface area contributed by atoms with Crippen molar-refractivity contribution in [1.29, 1.82) is 0 Å². The molecule has 2 rings (SSSR count). The molecule has 0 aliphatic heterocycles. The maximum atomic E-state index is 5.16. The highest BCUT2D eigenvalue weighted by atomic mass is 16.6. The van der Waals surface area contributed by atoms with Crippen molar-refractivity contribution < 1.29 is 4.84 Å². The van der Waals surface area contributed by atoms with E-state index in [1.165, 1.54) is 6.33 Å². The molecular weight excluding hydrogens is 268 g/mol. The number of aromatic nitrogens is 4. The molecule has 0 aromatic carbocycles. The first-order chi connectivity index (χ1) is 10.1. The van der Waals surface area contributed by atoms with E-state index in [2.05, 4.69) is 25.4 Å². The summed E-state index contributed by atoms with van der Waals surface area (Å²) in [6.07, 6.45) is 6.85. The summed E-state index contributed by atoms with van der Waals surface area (Å²) in [5.41, 5.74) is 4.23. The number of hydroxylamine groups is 1. The van der Waals surface area contributed by atoms with Crippen LogP contribution in [-0.4, -0.2) is 34.0 Å². The van der Waals surface area contributed by atoms with Gasteiger partial charge in [0, 0.05) is 26.2 Å². The van der Waals surface area contributed by atoms with Crippen LogP contribution in [0.3, 0.4) is 0 Å². The fourth-order valence-electron chi connectivity index (χ4n) is 1.71. The zero-order valence-electron chi connectivity index (χ0n) is 12.5. The quantitative estimate of drug-likeness (QED) is 0.664. The Morgan fingerprint density at radius 2 is 1.95 bits per heavy atom. The SMILES string of the molecule is CNO/C(C)=C/c1cc(N(C)c2cnc(C)nc2)ncn1. The number of rotatable bonds is 5. The fraction of sp³-hybridized carbons (Fsp3) is 0.286. The van der Waals surface area contributed by atoms with Crippen LogP contribution in [0.5, 0.6) is 0 Å². The molecular formula is C14H18N6O. The lowest BCUT2D eigenvalue weighted by atomic mass is 10.3. The van der Waals surface area contributed by atoms with Gasteiger partial charge in [0.2, 0.25) is 0 Å². The summed E-state index contributed by atoms with van der Waals surface area (Å²) in [5, 5.41) is 0. The first kappa shape index (κ1) is 14.9. The van der Waals surface area contributed by atoms with Gasteiger partial charge in [0.25, 0.3) is 0 Å².